The third-order valence-corrected chi connectivity index (χ3v) is 3.64. The van der Waals surface area contributed by atoms with Crippen LogP contribution in [0.2, 0.25) is 0 Å². The summed E-state index contributed by atoms with van der Waals surface area (Å²) < 4.78 is 0. The van der Waals surface area contributed by atoms with Gasteiger partial charge in [0.05, 0.1) is 6.54 Å². The van der Waals surface area contributed by atoms with Crippen molar-refractivity contribution in [2.24, 2.45) is 5.92 Å². The molecule has 128 valence electrons. The summed E-state index contributed by atoms with van der Waals surface area (Å²) >= 11 is 0. The number of halogens is 1. The number of nitrogens with zero attached hydrogens (tertiary/aromatic N) is 1. The number of rotatable bonds is 4. The molecule has 0 saturated carbocycles. The van der Waals surface area contributed by atoms with E-state index in [0.29, 0.717) is 12.5 Å². The first-order valence-corrected chi connectivity index (χ1v) is 7.67. The Balaban J connectivity index is 0.00000264. The van der Waals surface area contributed by atoms with E-state index in [4.69, 9.17) is 5.73 Å². The Hall–Kier alpha value is -1.95. The minimum absolute atomic E-state index is 0. The fourth-order valence-electron chi connectivity index (χ4n) is 2.57. The molecule has 1 aromatic carbocycles. The van der Waals surface area contributed by atoms with Gasteiger partial charge < -0.3 is 16.0 Å². The van der Waals surface area contributed by atoms with Crippen molar-refractivity contribution in [2.45, 2.75) is 26.7 Å². The highest BCUT2D eigenvalue weighted by Crippen LogP contribution is 2.30. The minimum atomic E-state index is -0.441. The Morgan fingerprint density at radius 1 is 1.35 bits per heavy atom. The average Bonchev–Trinajstić information content (AvgIpc) is 2.46. The number of carbonyl (C=O) groups is 2. The van der Waals surface area contributed by atoms with Gasteiger partial charge >= 0.3 is 6.03 Å². The minimum Gasteiger partial charge on any atom is -0.398 e. The lowest BCUT2D eigenvalue weighted by molar-refractivity contribution is -0.118. The number of nitrogen functional groups attached to an aromatic ring is 1. The number of nitrogens with two attached hydrogens (primary N) is 1. The maximum atomic E-state index is 12.0. The number of fused-ring (bicyclic) bond motifs is 1. The molecule has 1 aliphatic rings. The first-order valence-electron chi connectivity index (χ1n) is 7.67. The predicted octanol–water partition coefficient (Wildman–Crippen LogP) is 1.93. The molecule has 1 aromatic rings. The van der Waals surface area contributed by atoms with Crippen molar-refractivity contribution in [1.82, 2.24) is 10.6 Å². The maximum Gasteiger partial charge on any atom is 0.321 e. The summed E-state index contributed by atoms with van der Waals surface area (Å²) in [6.07, 6.45) is 1.88. The van der Waals surface area contributed by atoms with Gasteiger partial charge in [-0.25, -0.2) is 4.79 Å². The van der Waals surface area contributed by atoms with Crippen molar-refractivity contribution >= 4 is 35.7 Å². The third-order valence-electron chi connectivity index (χ3n) is 3.64. The molecule has 0 spiro atoms. The van der Waals surface area contributed by atoms with Gasteiger partial charge in [0, 0.05) is 24.5 Å². The van der Waals surface area contributed by atoms with E-state index in [1.165, 1.54) is 0 Å². The molecule has 6 nitrogen and oxygen atoms in total. The summed E-state index contributed by atoms with van der Waals surface area (Å²) in [5.41, 5.74) is 8.83. The number of carbonyl (C=O) groups excluding carboxylic acids is 2. The number of hydrogen-bond donors (Lipinski definition) is 3. The van der Waals surface area contributed by atoms with E-state index in [-0.39, 0.29) is 24.9 Å². The molecule has 4 N–H and O–H groups in total. The van der Waals surface area contributed by atoms with Gasteiger partial charge in [-0.05, 0) is 36.5 Å². The highest BCUT2D eigenvalue weighted by atomic mass is 35.5. The normalized spacial score (nSPS) is 13.1. The molecule has 0 fully saturated rings. The van der Waals surface area contributed by atoms with Gasteiger partial charge in [-0.2, -0.15) is 0 Å². The molecule has 23 heavy (non-hydrogen) atoms. The summed E-state index contributed by atoms with van der Waals surface area (Å²) in [6.45, 7) is 5.49. The van der Waals surface area contributed by atoms with E-state index in [9.17, 15) is 9.59 Å². The second-order valence-electron chi connectivity index (χ2n) is 6.02. The topological polar surface area (TPSA) is 87.5 Å². The molecule has 0 atom stereocenters. The molecule has 0 bridgehead atoms. The number of imide groups is 1. The number of amides is 3. The molecular weight excluding hydrogens is 316 g/mol. The Morgan fingerprint density at radius 3 is 2.78 bits per heavy atom. The largest absolute Gasteiger partial charge is 0.398 e. The van der Waals surface area contributed by atoms with Gasteiger partial charge in [0.1, 0.15) is 0 Å². The van der Waals surface area contributed by atoms with Crippen LogP contribution in [-0.4, -0.2) is 31.6 Å². The second kappa shape index (κ2) is 8.62. The van der Waals surface area contributed by atoms with Gasteiger partial charge in [0.25, 0.3) is 0 Å². The van der Waals surface area contributed by atoms with Gasteiger partial charge in [0.15, 0.2) is 0 Å². The lowest BCUT2D eigenvalue weighted by Gasteiger charge is -2.31. The van der Waals surface area contributed by atoms with Crippen molar-refractivity contribution < 1.29 is 9.59 Å². The van der Waals surface area contributed by atoms with Crippen LogP contribution in [0.4, 0.5) is 16.2 Å². The van der Waals surface area contributed by atoms with Crippen LogP contribution in [0.1, 0.15) is 25.8 Å². The van der Waals surface area contributed by atoms with Crippen LogP contribution in [0.3, 0.4) is 0 Å². The smallest absolute Gasteiger partial charge is 0.321 e. The average molecular weight is 341 g/mol. The predicted molar refractivity (Wildman–Crippen MR) is 95.0 cm³/mol. The molecule has 0 unspecified atom stereocenters. The summed E-state index contributed by atoms with van der Waals surface area (Å²) in [7, 11) is 0. The van der Waals surface area contributed by atoms with Crippen LogP contribution < -0.4 is 21.3 Å². The Kier molecular flexibility index (Phi) is 7.16. The highest BCUT2D eigenvalue weighted by Gasteiger charge is 2.21. The molecule has 2 rings (SSSR count). The second-order valence-corrected chi connectivity index (χ2v) is 6.02. The number of hydrogen-bond acceptors (Lipinski definition) is 4. The first kappa shape index (κ1) is 19.1. The Labute approximate surface area is 143 Å². The van der Waals surface area contributed by atoms with Crippen molar-refractivity contribution in [2.75, 3.05) is 30.3 Å². The van der Waals surface area contributed by atoms with Crippen LogP contribution in [0.5, 0.6) is 0 Å². The van der Waals surface area contributed by atoms with Crippen LogP contribution in [0.25, 0.3) is 0 Å². The summed E-state index contributed by atoms with van der Waals surface area (Å²) in [4.78, 5) is 25.6. The monoisotopic (exact) mass is 340 g/mol. The molecule has 1 heterocycles. The zero-order valence-corrected chi connectivity index (χ0v) is 14.4. The lowest BCUT2D eigenvalue weighted by Crippen LogP contribution is -2.46. The molecule has 7 heteroatoms. The fourth-order valence-corrected chi connectivity index (χ4v) is 2.57. The molecule has 3 amide bonds. The maximum absolute atomic E-state index is 12.0. The molecule has 0 saturated heterocycles. The van der Waals surface area contributed by atoms with E-state index in [2.05, 4.69) is 10.6 Å². The highest BCUT2D eigenvalue weighted by molar-refractivity contribution is 5.96. The summed E-state index contributed by atoms with van der Waals surface area (Å²) in [6, 6.07) is 5.29. The number of urea groups is 1. The number of nitrogens with one attached hydrogen (secondary N) is 2. The van der Waals surface area contributed by atoms with Gasteiger partial charge in [-0.1, -0.05) is 19.9 Å². The van der Waals surface area contributed by atoms with Crippen LogP contribution in [0.15, 0.2) is 18.2 Å². The fraction of sp³-hybridized carbons (Fsp3) is 0.500. The zero-order valence-electron chi connectivity index (χ0n) is 13.6. The molecule has 1 aliphatic heterocycles. The standard InChI is InChI=1S/C16H24N4O2.ClH/c1-11(2)9-18-16(22)19-15(21)10-20-8-4-5-12-13(17)6-3-7-14(12)20;/h3,6-7,11H,4-5,8-10,17H2,1-2H3,(H2,18,19,21,22);1H. The quantitative estimate of drug-likeness (QED) is 0.731. The van der Waals surface area contributed by atoms with Crippen LogP contribution >= 0.6 is 12.4 Å². The van der Waals surface area contributed by atoms with Gasteiger partial charge in [0.2, 0.25) is 5.91 Å². The van der Waals surface area contributed by atoms with Crippen LogP contribution in [-0.2, 0) is 11.2 Å². The molecular formula is C16H25ClN4O2. The van der Waals surface area contributed by atoms with E-state index >= 15 is 0 Å². The van der Waals surface area contributed by atoms with E-state index in [1.54, 1.807) is 0 Å². The molecule has 0 aromatic heterocycles. The first-order chi connectivity index (χ1) is 10.5. The van der Waals surface area contributed by atoms with Gasteiger partial charge in [-0.3, -0.25) is 10.1 Å². The number of anilines is 2. The van der Waals surface area contributed by atoms with Gasteiger partial charge in [-0.15, -0.1) is 12.4 Å². The van der Waals surface area contributed by atoms with Crippen LogP contribution in [0, 0.1) is 5.92 Å². The number of benzene rings is 1. The van der Waals surface area contributed by atoms with E-state index in [0.717, 1.165) is 36.3 Å². The Bertz CT molecular complexity index is 563. The molecule has 0 radical (unpaired) electrons. The van der Waals surface area contributed by atoms with Crippen molar-refractivity contribution in [3.63, 3.8) is 0 Å². The van der Waals surface area contributed by atoms with Crippen molar-refractivity contribution in [1.29, 1.82) is 0 Å². The van der Waals surface area contributed by atoms with Crippen molar-refractivity contribution in [3.05, 3.63) is 23.8 Å². The molecule has 0 aliphatic carbocycles. The van der Waals surface area contributed by atoms with E-state index < -0.39 is 6.03 Å². The third kappa shape index (κ3) is 5.32. The summed E-state index contributed by atoms with van der Waals surface area (Å²) in [5, 5.41) is 5.04. The summed E-state index contributed by atoms with van der Waals surface area (Å²) in [5.74, 6) is 0.0364. The van der Waals surface area contributed by atoms with E-state index in [1.807, 2.05) is 36.9 Å². The van der Waals surface area contributed by atoms with Crippen molar-refractivity contribution in [3.8, 4) is 0 Å². The SMILES string of the molecule is CC(C)CNC(=O)NC(=O)CN1CCCc2c(N)cccc21.Cl. The zero-order chi connectivity index (χ0) is 16.1. The Morgan fingerprint density at radius 2 is 2.09 bits per heavy atom. The lowest BCUT2D eigenvalue weighted by atomic mass is 10.00.